The number of hydrogen-bond acceptors (Lipinski definition) is 3. The van der Waals surface area contributed by atoms with Crippen LogP contribution in [0.15, 0.2) is 30.3 Å². The van der Waals surface area contributed by atoms with Gasteiger partial charge < -0.3 is 10.1 Å². The highest BCUT2D eigenvalue weighted by Crippen LogP contribution is 2.45. The second-order valence-electron chi connectivity index (χ2n) is 8.60. The van der Waals surface area contributed by atoms with Gasteiger partial charge in [0.05, 0.1) is 12.6 Å². The van der Waals surface area contributed by atoms with Gasteiger partial charge in [0, 0.05) is 5.92 Å². The van der Waals surface area contributed by atoms with Crippen molar-refractivity contribution in [2.24, 2.45) is 11.8 Å². The summed E-state index contributed by atoms with van der Waals surface area (Å²) >= 11 is 0. The number of carbonyl (C=O) groups is 2. The Morgan fingerprint density at radius 1 is 1.22 bits per heavy atom. The zero-order chi connectivity index (χ0) is 19.0. The highest BCUT2D eigenvalue weighted by molar-refractivity contribution is 5.90. The summed E-state index contributed by atoms with van der Waals surface area (Å²) in [5.41, 5.74) is 0.487. The predicted molar refractivity (Wildman–Crippen MR) is 103 cm³/mol. The van der Waals surface area contributed by atoms with E-state index in [2.05, 4.69) is 12.2 Å². The topological polar surface area (TPSA) is 58.6 Å². The van der Waals surface area contributed by atoms with Gasteiger partial charge in [0.2, 0.25) is 11.8 Å². The molecule has 3 aliphatic rings. The molecule has 1 spiro atoms. The first kappa shape index (κ1) is 18.5. The number of nitrogens with one attached hydrogen (secondary N) is 1. The summed E-state index contributed by atoms with van der Waals surface area (Å²) in [5.74, 6) is 0.616. The smallest absolute Gasteiger partial charge is 0.245 e. The minimum Gasteiger partial charge on any atom is -0.353 e. The molecule has 1 aromatic rings. The van der Waals surface area contributed by atoms with Crippen LogP contribution in [0.5, 0.6) is 0 Å². The van der Waals surface area contributed by atoms with E-state index >= 15 is 0 Å². The van der Waals surface area contributed by atoms with Crippen LogP contribution in [-0.4, -0.2) is 35.1 Å². The maximum absolute atomic E-state index is 13.1. The lowest BCUT2D eigenvalue weighted by Crippen LogP contribution is -2.57. The zero-order valence-electron chi connectivity index (χ0n) is 16.3. The number of benzene rings is 1. The molecule has 146 valence electrons. The molecular formula is C22H30N2O3. The van der Waals surface area contributed by atoms with Crippen molar-refractivity contribution in [1.29, 1.82) is 0 Å². The minimum absolute atomic E-state index is 0.0858. The molecule has 1 saturated heterocycles. The Bertz CT molecular complexity index is 703. The number of nitrogens with zero attached hydrogens (tertiary/aromatic N) is 1. The van der Waals surface area contributed by atoms with Crippen molar-refractivity contribution < 1.29 is 14.3 Å². The van der Waals surface area contributed by atoms with E-state index in [0.717, 1.165) is 37.7 Å². The molecule has 5 nitrogen and oxygen atoms in total. The van der Waals surface area contributed by atoms with Gasteiger partial charge in [0.25, 0.3) is 0 Å². The fraction of sp³-hybridized carbons (Fsp3) is 0.636. The summed E-state index contributed by atoms with van der Waals surface area (Å²) < 4.78 is 6.23. The molecule has 4 atom stereocenters. The van der Waals surface area contributed by atoms with E-state index < -0.39 is 11.8 Å². The third-order valence-electron chi connectivity index (χ3n) is 6.32. The Morgan fingerprint density at radius 3 is 2.63 bits per heavy atom. The van der Waals surface area contributed by atoms with Crippen LogP contribution in [0.4, 0.5) is 0 Å². The molecule has 3 fully saturated rings. The highest BCUT2D eigenvalue weighted by Gasteiger charge is 2.56. The van der Waals surface area contributed by atoms with E-state index in [1.807, 2.05) is 42.2 Å². The van der Waals surface area contributed by atoms with Crippen molar-refractivity contribution in [2.45, 2.75) is 70.2 Å². The summed E-state index contributed by atoms with van der Waals surface area (Å²) in [6.07, 6.45) is 5.77. The number of ether oxygens (including phenoxy) is 1. The van der Waals surface area contributed by atoms with Crippen molar-refractivity contribution in [3.8, 4) is 0 Å². The maximum atomic E-state index is 13.1. The van der Waals surface area contributed by atoms with Gasteiger partial charge in [0.15, 0.2) is 0 Å². The fourth-order valence-corrected chi connectivity index (χ4v) is 4.70. The molecule has 2 saturated carbocycles. The Labute approximate surface area is 161 Å². The third kappa shape index (κ3) is 3.62. The van der Waals surface area contributed by atoms with Gasteiger partial charge in [-0.25, -0.2) is 0 Å². The van der Waals surface area contributed by atoms with Gasteiger partial charge in [-0.1, -0.05) is 43.7 Å². The van der Waals surface area contributed by atoms with E-state index in [0.29, 0.717) is 12.5 Å². The maximum Gasteiger partial charge on any atom is 0.245 e. The van der Waals surface area contributed by atoms with Crippen LogP contribution < -0.4 is 5.32 Å². The molecule has 1 N–H and O–H groups in total. The molecule has 4 rings (SSSR count). The lowest BCUT2D eigenvalue weighted by Gasteiger charge is -2.43. The average molecular weight is 370 g/mol. The molecule has 0 unspecified atom stereocenters. The van der Waals surface area contributed by atoms with Gasteiger partial charge in [-0.2, -0.15) is 0 Å². The van der Waals surface area contributed by atoms with Crippen molar-refractivity contribution in [3.63, 3.8) is 0 Å². The quantitative estimate of drug-likeness (QED) is 0.884. The Kier molecular flexibility index (Phi) is 4.97. The van der Waals surface area contributed by atoms with E-state index in [1.54, 1.807) is 0 Å². The number of rotatable bonds is 4. The zero-order valence-corrected chi connectivity index (χ0v) is 16.3. The Morgan fingerprint density at radius 2 is 1.96 bits per heavy atom. The first-order valence-electron chi connectivity index (χ1n) is 10.3. The summed E-state index contributed by atoms with van der Waals surface area (Å²) in [7, 11) is 0. The van der Waals surface area contributed by atoms with Crippen LogP contribution >= 0.6 is 0 Å². The lowest BCUT2D eigenvalue weighted by atomic mass is 9.83. The van der Waals surface area contributed by atoms with Crippen molar-refractivity contribution >= 4 is 11.8 Å². The van der Waals surface area contributed by atoms with Crippen molar-refractivity contribution in [3.05, 3.63) is 35.9 Å². The molecular weight excluding hydrogens is 340 g/mol. The molecule has 0 aromatic heterocycles. The van der Waals surface area contributed by atoms with Gasteiger partial charge in [-0.05, 0) is 50.5 Å². The average Bonchev–Trinajstić information content (AvgIpc) is 3.45. The second kappa shape index (κ2) is 7.27. The van der Waals surface area contributed by atoms with Crippen LogP contribution in [0, 0.1) is 11.8 Å². The Balaban J connectivity index is 1.53. The summed E-state index contributed by atoms with van der Waals surface area (Å²) in [6.45, 7) is 4.50. The first-order chi connectivity index (χ1) is 13.0. The first-order valence-corrected chi connectivity index (χ1v) is 10.3. The molecule has 27 heavy (non-hydrogen) atoms. The van der Waals surface area contributed by atoms with E-state index in [4.69, 9.17) is 4.74 Å². The van der Waals surface area contributed by atoms with Gasteiger partial charge >= 0.3 is 0 Å². The third-order valence-corrected chi connectivity index (χ3v) is 6.32. The normalized spacial score (nSPS) is 31.7. The summed E-state index contributed by atoms with van der Waals surface area (Å²) in [5, 5.41) is 3.10. The summed E-state index contributed by atoms with van der Waals surface area (Å²) in [6, 6.07) is 9.30. The van der Waals surface area contributed by atoms with Crippen LogP contribution in [0.2, 0.25) is 0 Å². The van der Waals surface area contributed by atoms with Crippen LogP contribution in [0.1, 0.15) is 64.0 Å². The number of carbonyl (C=O) groups excluding carboxylic acids is 2. The van der Waals surface area contributed by atoms with E-state index in [-0.39, 0.29) is 23.8 Å². The fourth-order valence-electron chi connectivity index (χ4n) is 4.70. The van der Waals surface area contributed by atoms with E-state index in [1.165, 1.54) is 6.42 Å². The molecule has 0 bridgehead atoms. The van der Waals surface area contributed by atoms with Gasteiger partial charge in [-0.15, -0.1) is 0 Å². The van der Waals surface area contributed by atoms with E-state index in [9.17, 15) is 9.59 Å². The highest BCUT2D eigenvalue weighted by atomic mass is 16.5. The van der Waals surface area contributed by atoms with Crippen LogP contribution in [0.3, 0.4) is 0 Å². The lowest BCUT2D eigenvalue weighted by molar-refractivity contribution is -0.164. The predicted octanol–water partition coefficient (Wildman–Crippen LogP) is 3.41. The molecule has 1 aromatic carbocycles. The minimum atomic E-state index is -0.574. The standard InChI is InChI=1S/C22H30N2O3/c1-15-7-6-12-22(13-15)24(21(26)18-10-11-18)19(14-27-22)20(25)23-16(2)17-8-4-3-5-9-17/h3-5,8-9,15-16,18-19H,6-7,10-14H2,1-2H3,(H,23,25)/t15-,16-,19-,22-/m0/s1. The molecule has 5 heteroatoms. The van der Waals surface area contributed by atoms with Gasteiger partial charge in [0.1, 0.15) is 11.8 Å². The SMILES string of the molecule is C[C@H]1CCC[C@@]2(C1)OC[C@@H](C(=O)N[C@@H](C)c1ccccc1)N2C(=O)C1CC1. The molecule has 1 heterocycles. The molecule has 1 aliphatic heterocycles. The Hall–Kier alpha value is -1.88. The molecule has 2 amide bonds. The number of amides is 2. The largest absolute Gasteiger partial charge is 0.353 e. The monoisotopic (exact) mass is 370 g/mol. The van der Waals surface area contributed by atoms with Gasteiger partial charge in [-0.3, -0.25) is 14.5 Å². The van der Waals surface area contributed by atoms with Crippen molar-refractivity contribution in [2.75, 3.05) is 6.61 Å². The second-order valence-corrected chi connectivity index (χ2v) is 8.60. The van der Waals surface area contributed by atoms with Crippen LogP contribution in [-0.2, 0) is 14.3 Å². The van der Waals surface area contributed by atoms with Crippen molar-refractivity contribution in [1.82, 2.24) is 10.2 Å². The summed E-state index contributed by atoms with van der Waals surface area (Å²) in [4.78, 5) is 28.1. The number of hydrogen-bond donors (Lipinski definition) is 1. The van der Waals surface area contributed by atoms with Crippen LogP contribution in [0.25, 0.3) is 0 Å². The molecule has 2 aliphatic carbocycles. The molecule has 0 radical (unpaired) electrons.